The summed E-state index contributed by atoms with van der Waals surface area (Å²) in [5, 5.41) is 0.621. The molecule has 1 aliphatic heterocycles. The Labute approximate surface area is 164 Å². The lowest BCUT2D eigenvalue weighted by atomic mass is 9.94. The summed E-state index contributed by atoms with van der Waals surface area (Å²) < 4.78 is 25.9. The average molecular weight is 405 g/mol. The van der Waals surface area contributed by atoms with E-state index in [4.69, 9.17) is 11.6 Å². The molecule has 1 saturated carbocycles. The van der Waals surface area contributed by atoms with E-state index in [1.807, 2.05) is 36.4 Å². The predicted octanol–water partition coefficient (Wildman–Crippen LogP) is 3.18. The van der Waals surface area contributed by atoms with E-state index in [1.54, 1.807) is 17.0 Å². The molecule has 0 aromatic heterocycles. The number of anilines is 1. The first kappa shape index (κ1) is 18.3. The van der Waals surface area contributed by atoms with Gasteiger partial charge in [-0.3, -0.25) is 9.10 Å². The highest BCUT2D eigenvalue weighted by Gasteiger charge is 2.53. The molecule has 0 bridgehead atoms. The first-order chi connectivity index (χ1) is 12.8. The Morgan fingerprint density at radius 3 is 2.48 bits per heavy atom. The first-order valence-corrected chi connectivity index (χ1v) is 11.1. The second kappa shape index (κ2) is 6.53. The number of sulfonamides is 1. The van der Waals surface area contributed by atoms with Crippen LogP contribution in [0.2, 0.25) is 5.02 Å². The largest absolute Gasteiger partial charge is 0.336 e. The summed E-state index contributed by atoms with van der Waals surface area (Å²) in [5.74, 6) is 0.0509. The van der Waals surface area contributed by atoms with Crippen molar-refractivity contribution < 1.29 is 13.2 Å². The molecular formula is C20H21ClN2O3S. The second-order valence-electron chi connectivity index (χ2n) is 7.28. The molecule has 2 aliphatic rings. The van der Waals surface area contributed by atoms with Gasteiger partial charge in [-0.2, -0.15) is 0 Å². The molecule has 1 heterocycles. The van der Waals surface area contributed by atoms with Crippen LogP contribution in [-0.2, 0) is 26.8 Å². The number of halogens is 1. The summed E-state index contributed by atoms with van der Waals surface area (Å²) in [5.41, 5.74) is 1.91. The van der Waals surface area contributed by atoms with Crippen molar-refractivity contribution in [3.05, 3.63) is 64.7 Å². The molecular weight excluding hydrogens is 384 g/mol. The second-order valence-corrected chi connectivity index (χ2v) is 9.63. The number of carbonyl (C=O) groups is 1. The van der Waals surface area contributed by atoms with Gasteiger partial charge >= 0.3 is 0 Å². The topological polar surface area (TPSA) is 57.7 Å². The predicted molar refractivity (Wildman–Crippen MR) is 106 cm³/mol. The number of hydrogen-bond donors (Lipinski definition) is 0. The summed E-state index contributed by atoms with van der Waals surface area (Å²) in [6.45, 7) is 1.03. The van der Waals surface area contributed by atoms with Gasteiger partial charge < -0.3 is 4.90 Å². The van der Waals surface area contributed by atoms with Gasteiger partial charge in [0, 0.05) is 18.1 Å². The number of para-hydroxylation sites is 1. The van der Waals surface area contributed by atoms with E-state index in [0.717, 1.165) is 24.0 Å². The Hall–Kier alpha value is -2.05. The lowest BCUT2D eigenvalue weighted by Gasteiger charge is -2.27. The van der Waals surface area contributed by atoms with Gasteiger partial charge in [0.25, 0.3) is 0 Å². The van der Waals surface area contributed by atoms with Crippen molar-refractivity contribution in [1.29, 1.82) is 0 Å². The fraction of sp³-hybridized carbons (Fsp3) is 0.350. The van der Waals surface area contributed by atoms with Gasteiger partial charge in [-0.1, -0.05) is 41.9 Å². The van der Waals surface area contributed by atoms with E-state index < -0.39 is 15.4 Å². The van der Waals surface area contributed by atoms with Crippen molar-refractivity contribution in [2.45, 2.75) is 24.8 Å². The molecule has 0 spiro atoms. The first-order valence-electron chi connectivity index (χ1n) is 8.92. The molecule has 0 atom stereocenters. The number of amides is 1. The van der Waals surface area contributed by atoms with Gasteiger partial charge in [0.15, 0.2) is 0 Å². The van der Waals surface area contributed by atoms with Crippen LogP contribution in [0.25, 0.3) is 0 Å². The number of hydrogen-bond acceptors (Lipinski definition) is 3. The van der Waals surface area contributed by atoms with Crippen molar-refractivity contribution in [2.24, 2.45) is 0 Å². The molecule has 7 heteroatoms. The molecule has 1 aliphatic carbocycles. The molecule has 4 rings (SSSR count). The van der Waals surface area contributed by atoms with Gasteiger partial charge in [-0.25, -0.2) is 8.42 Å². The molecule has 142 valence electrons. The number of benzene rings is 2. The van der Waals surface area contributed by atoms with Gasteiger partial charge in [0.1, 0.15) is 0 Å². The Kier molecular flexibility index (Phi) is 4.43. The minimum atomic E-state index is -3.41. The van der Waals surface area contributed by atoms with Crippen molar-refractivity contribution in [3.63, 3.8) is 0 Å². The fourth-order valence-electron chi connectivity index (χ4n) is 3.86. The smallest absolute Gasteiger partial charge is 0.233 e. The molecule has 0 radical (unpaired) electrons. The van der Waals surface area contributed by atoms with Crippen LogP contribution >= 0.6 is 11.6 Å². The summed E-state index contributed by atoms with van der Waals surface area (Å²) >= 11 is 6.13. The standard InChI is InChI=1S/C20H21ClN2O3S/c1-27(25,26)23-12-11-22(14-15-5-2-3-8-18(15)23)19(24)20(9-10-20)16-6-4-7-17(21)13-16/h2-8,13H,9-12,14H2,1H3. The Morgan fingerprint density at radius 1 is 1.07 bits per heavy atom. The number of nitrogens with zero attached hydrogens (tertiary/aromatic N) is 2. The van der Waals surface area contributed by atoms with Crippen LogP contribution in [0.1, 0.15) is 24.0 Å². The molecule has 2 aromatic carbocycles. The zero-order chi connectivity index (χ0) is 19.2. The van der Waals surface area contributed by atoms with Gasteiger partial charge in [-0.15, -0.1) is 0 Å². The Bertz CT molecular complexity index is 1000. The van der Waals surface area contributed by atoms with E-state index in [0.29, 0.717) is 23.8 Å². The molecule has 0 N–H and O–H groups in total. The third-order valence-corrected chi connectivity index (χ3v) is 6.83. The van der Waals surface area contributed by atoms with Crippen LogP contribution in [0.5, 0.6) is 0 Å². The SMILES string of the molecule is CS(=O)(=O)N1CCN(C(=O)C2(c3cccc(Cl)c3)CC2)Cc2ccccc21. The quantitative estimate of drug-likeness (QED) is 0.789. The van der Waals surface area contributed by atoms with Crippen molar-refractivity contribution >= 4 is 33.2 Å². The van der Waals surface area contributed by atoms with Crippen LogP contribution in [0.4, 0.5) is 5.69 Å². The van der Waals surface area contributed by atoms with Crippen molar-refractivity contribution in [3.8, 4) is 0 Å². The zero-order valence-electron chi connectivity index (χ0n) is 15.1. The lowest BCUT2D eigenvalue weighted by Crippen LogP contribution is -2.42. The molecule has 5 nitrogen and oxygen atoms in total. The maximum absolute atomic E-state index is 13.4. The van der Waals surface area contributed by atoms with Crippen LogP contribution in [-0.4, -0.2) is 38.6 Å². The fourth-order valence-corrected chi connectivity index (χ4v) is 5.00. The van der Waals surface area contributed by atoms with Gasteiger partial charge in [0.05, 0.1) is 23.9 Å². The van der Waals surface area contributed by atoms with Crippen LogP contribution in [0.3, 0.4) is 0 Å². The zero-order valence-corrected chi connectivity index (χ0v) is 16.6. The van der Waals surface area contributed by atoms with Crippen LogP contribution in [0, 0.1) is 0 Å². The van der Waals surface area contributed by atoms with Crippen LogP contribution in [0.15, 0.2) is 48.5 Å². The number of fused-ring (bicyclic) bond motifs is 1. The van der Waals surface area contributed by atoms with Gasteiger partial charge in [-0.05, 0) is 42.2 Å². The Balaban J connectivity index is 1.67. The minimum absolute atomic E-state index is 0.0509. The van der Waals surface area contributed by atoms with E-state index in [-0.39, 0.29) is 12.5 Å². The highest BCUT2D eigenvalue weighted by atomic mass is 35.5. The molecule has 1 amide bonds. The molecule has 27 heavy (non-hydrogen) atoms. The monoisotopic (exact) mass is 404 g/mol. The Morgan fingerprint density at radius 2 is 1.81 bits per heavy atom. The summed E-state index contributed by atoms with van der Waals surface area (Å²) in [7, 11) is -3.41. The summed E-state index contributed by atoms with van der Waals surface area (Å²) in [6.07, 6.45) is 2.79. The van der Waals surface area contributed by atoms with E-state index in [1.165, 1.54) is 10.6 Å². The van der Waals surface area contributed by atoms with E-state index >= 15 is 0 Å². The van der Waals surface area contributed by atoms with E-state index in [9.17, 15) is 13.2 Å². The third kappa shape index (κ3) is 3.32. The highest BCUT2D eigenvalue weighted by Crippen LogP contribution is 2.50. The average Bonchev–Trinajstić information content (AvgIpc) is 3.44. The molecule has 0 unspecified atom stereocenters. The van der Waals surface area contributed by atoms with Crippen molar-refractivity contribution in [2.75, 3.05) is 23.7 Å². The number of rotatable bonds is 3. The minimum Gasteiger partial charge on any atom is -0.336 e. The third-order valence-electron chi connectivity index (χ3n) is 5.42. The highest BCUT2D eigenvalue weighted by molar-refractivity contribution is 7.92. The summed E-state index contributed by atoms with van der Waals surface area (Å²) in [6, 6.07) is 14.9. The molecule has 0 saturated heterocycles. The maximum atomic E-state index is 13.4. The lowest BCUT2D eigenvalue weighted by molar-refractivity contribution is -0.134. The number of carbonyl (C=O) groups excluding carboxylic acids is 1. The normalized spacial score (nSPS) is 18.6. The van der Waals surface area contributed by atoms with Crippen LogP contribution < -0.4 is 4.31 Å². The van der Waals surface area contributed by atoms with Gasteiger partial charge in [0.2, 0.25) is 15.9 Å². The molecule has 2 aromatic rings. The maximum Gasteiger partial charge on any atom is 0.233 e. The van der Waals surface area contributed by atoms with E-state index in [2.05, 4.69) is 0 Å². The molecule has 1 fully saturated rings. The summed E-state index contributed by atoms with van der Waals surface area (Å²) in [4.78, 5) is 15.2. The van der Waals surface area contributed by atoms with Crippen molar-refractivity contribution in [1.82, 2.24) is 4.90 Å².